The zero-order chi connectivity index (χ0) is 20.1. The van der Waals surface area contributed by atoms with Crippen LogP contribution >= 0.6 is 0 Å². The van der Waals surface area contributed by atoms with Gasteiger partial charge in [-0.1, -0.05) is 25.1 Å². The minimum atomic E-state index is 0.461. The van der Waals surface area contributed by atoms with E-state index < -0.39 is 0 Å². The number of hydrogen-bond donors (Lipinski definition) is 3. The Hall–Kier alpha value is -2.86. The Morgan fingerprint density at radius 1 is 1.39 bits per heavy atom. The Balaban J connectivity index is 1.94. The molecule has 2 heterocycles. The van der Waals surface area contributed by atoms with Crippen molar-refractivity contribution >= 4 is 29.2 Å². The first-order valence-electron chi connectivity index (χ1n) is 9.76. The third kappa shape index (κ3) is 4.17. The fourth-order valence-corrected chi connectivity index (χ4v) is 3.54. The van der Waals surface area contributed by atoms with Crippen LogP contribution in [0.5, 0.6) is 0 Å². The van der Waals surface area contributed by atoms with Gasteiger partial charge in [0.1, 0.15) is 17.2 Å². The lowest BCUT2D eigenvalue weighted by Crippen LogP contribution is -2.32. The van der Waals surface area contributed by atoms with Crippen LogP contribution in [0.4, 0.5) is 0 Å². The average Bonchev–Trinajstić information content (AvgIpc) is 3.12. The molecule has 1 aromatic carbocycles. The van der Waals surface area contributed by atoms with Gasteiger partial charge in [-0.25, -0.2) is 4.99 Å². The monoisotopic (exact) mass is 378 g/mol. The first-order chi connectivity index (χ1) is 13.5. The maximum atomic E-state index is 6.28. The normalized spacial score (nSPS) is 17.0. The van der Waals surface area contributed by atoms with Crippen LogP contribution in [0.2, 0.25) is 0 Å². The van der Waals surface area contributed by atoms with Crippen LogP contribution in [0.25, 0.3) is 16.6 Å². The number of para-hydroxylation sites is 1. The predicted molar refractivity (Wildman–Crippen MR) is 119 cm³/mol. The van der Waals surface area contributed by atoms with E-state index in [9.17, 15) is 0 Å². The fourth-order valence-electron chi connectivity index (χ4n) is 3.54. The molecule has 4 N–H and O–H groups in total. The van der Waals surface area contributed by atoms with Crippen molar-refractivity contribution in [3.63, 3.8) is 0 Å². The van der Waals surface area contributed by atoms with E-state index in [1.54, 1.807) is 6.20 Å². The lowest BCUT2D eigenvalue weighted by Gasteiger charge is -2.28. The summed E-state index contributed by atoms with van der Waals surface area (Å²) in [5.74, 6) is 1.07. The molecule has 1 aliphatic heterocycles. The quantitative estimate of drug-likeness (QED) is 0.614. The number of rotatable bonds is 8. The molecule has 6 heteroatoms. The second-order valence-electron chi connectivity index (χ2n) is 7.37. The van der Waals surface area contributed by atoms with Gasteiger partial charge in [0.05, 0.1) is 5.69 Å². The molecule has 28 heavy (non-hydrogen) atoms. The van der Waals surface area contributed by atoms with Gasteiger partial charge in [0.15, 0.2) is 0 Å². The molecule has 1 unspecified atom stereocenters. The van der Waals surface area contributed by atoms with Crippen molar-refractivity contribution in [2.24, 2.45) is 21.6 Å². The predicted octanol–water partition coefficient (Wildman–Crippen LogP) is 3.63. The molecular weight excluding hydrogens is 348 g/mol. The molecule has 0 saturated carbocycles. The van der Waals surface area contributed by atoms with Crippen LogP contribution in [-0.4, -0.2) is 42.6 Å². The largest absolute Gasteiger partial charge is 0.382 e. The highest BCUT2D eigenvalue weighted by Gasteiger charge is 2.22. The van der Waals surface area contributed by atoms with Crippen molar-refractivity contribution < 1.29 is 0 Å². The maximum Gasteiger partial charge on any atom is 0.149 e. The second-order valence-corrected chi connectivity index (χ2v) is 7.37. The second kappa shape index (κ2) is 8.89. The molecule has 1 aromatic heterocycles. The number of nitrogens with zero attached hydrogens (tertiary/aromatic N) is 3. The van der Waals surface area contributed by atoms with Crippen LogP contribution in [0.3, 0.4) is 0 Å². The van der Waals surface area contributed by atoms with Crippen LogP contribution in [0, 0.1) is 12.8 Å². The number of fused-ring (bicyclic) bond motifs is 1. The molecule has 1 aliphatic rings. The average molecular weight is 379 g/mol. The summed E-state index contributed by atoms with van der Waals surface area (Å²) >= 11 is 0. The number of aliphatic imine (C=N–C) groups is 2. The molecule has 0 saturated heterocycles. The topological polar surface area (TPSA) is 81.8 Å². The minimum Gasteiger partial charge on any atom is -0.382 e. The fraction of sp³-hybridized carbons (Fsp3) is 0.364. The Kier molecular flexibility index (Phi) is 6.31. The highest BCUT2D eigenvalue weighted by molar-refractivity contribution is 6.05. The van der Waals surface area contributed by atoms with E-state index in [1.165, 1.54) is 5.56 Å². The summed E-state index contributed by atoms with van der Waals surface area (Å²) in [6, 6.07) is 8.34. The van der Waals surface area contributed by atoms with Gasteiger partial charge in [-0.05, 0) is 57.6 Å². The van der Waals surface area contributed by atoms with E-state index >= 15 is 0 Å². The lowest BCUT2D eigenvalue weighted by atomic mass is 10.0. The first kappa shape index (κ1) is 19.9. The van der Waals surface area contributed by atoms with Crippen molar-refractivity contribution in [3.8, 4) is 0 Å². The van der Waals surface area contributed by atoms with Gasteiger partial charge in [0.2, 0.25) is 0 Å². The number of aromatic amines is 1. The van der Waals surface area contributed by atoms with Crippen molar-refractivity contribution in [1.29, 1.82) is 0 Å². The van der Waals surface area contributed by atoms with Gasteiger partial charge in [-0.2, -0.15) is 0 Å². The Labute approximate surface area is 166 Å². The molecule has 2 aromatic rings. The number of aromatic nitrogens is 1. The van der Waals surface area contributed by atoms with Gasteiger partial charge >= 0.3 is 0 Å². The first-order valence-corrected chi connectivity index (χ1v) is 9.76. The number of H-pyrrole nitrogens is 1. The summed E-state index contributed by atoms with van der Waals surface area (Å²) in [6.45, 7) is 10.1. The van der Waals surface area contributed by atoms with Crippen LogP contribution in [0.15, 0.2) is 52.3 Å². The summed E-state index contributed by atoms with van der Waals surface area (Å²) in [5, 5.41) is 4.36. The molecule has 6 nitrogen and oxygen atoms in total. The van der Waals surface area contributed by atoms with E-state index in [0.29, 0.717) is 11.8 Å². The zero-order valence-corrected chi connectivity index (χ0v) is 17.0. The molecule has 0 radical (unpaired) electrons. The summed E-state index contributed by atoms with van der Waals surface area (Å²) in [4.78, 5) is 14.3. The lowest BCUT2D eigenvalue weighted by molar-refractivity contribution is 0.391. The van der Waals surface area contributed by atoms with Gasteiger partial charge in [-0.3, -0.25) is 4.99 Å². The molecular formula is C22H30N6. The van der Waals surface area contributed by atoms with Crippen LogP contribution in [-0.2, 0) is 0 Å². The van der Waals surface area contributed by atoms with E-state index in [4.69, 9.17) is 5.73 Å². The summed E-state index contributed by atoms with van der Waals surface area (Å²) in [7, 11) is 1.99. The third-order valence-corrected chi connectivity index (χ3v) is 5.24. The summed E-state index contributed by atoms with van der Waals surface area (Å²) < 4.78 is 0. The Morgan fingerprint density at radius 3 is 2.93 bits per heavy atom. The van der Waals surface area contributed by atoms with E-state index in [1.807, 2.05) is 13.2 Å². The summed E-state index contributed by atoms with van der Waals surface area (Å²) in [5.41, 5.74) is 11.0. The number of amidine groups is 1. The highest BCUT2D eigenvalue weighted by atomic mass is 15.2. The van der Waals surface area contributed by atoms with Crippen molar-refractivity contribution in [1.82, 2.24) is 15.2 Å². The van der Waals surface area contributed by atoms with Gasteiger partial charge in [0.25, 0.3) is 0 Å². The number of hydrogen-bond acceptors (Lipinski definition) is 5. The van der Waals surface area contributed by atoms with E-state index in [2.05, 4.69) is 70.0 Å². The van der Waals surface area contributed by atoms with Gasteiger partial charge in [0, 0.05) is 29.8 Å². The third-order valence-electron chi connectivity index (χ3n) is 5.24. The smallest absolute Gasteiger partial charge is 0.149 e. The highest BCUT2D eigenvalue weighted by Crippen LogP contribution is 2.29. The molecule has 0 bridgehead atoms. The number of benzene rings is 1. The van der Waals surface area contributed by atoms with E-state index in [-0.39, 0.29) is 0 Å². The molecule has 0 spiro atoms. The molecule has 0 amide bonds. The maximum absolute atomic E-state index is 6.28. The SMILES string of the molecule is C=N/C(=C1/C(N)=NC=CN1CCC(C)CCNC)c1cc2cccc(C)c2[nH]1. The van der Waals surface area contributed by atoms with Crippen LogP contribution in [0.1, 0.15) is 31.0 Å². The van der Waals surface area contributed by atoms with Gasteiger partial charge < -0.3 is 20.9 Å². The summed E-state index contributed by atoms with van der Waals surface area (Å²) in [6.07, 6.45) is 5.91. The number of nitrogens with one attached hydrogen (secondary N) is 2. The zero-order valence-electron chi connectivity index (χ0n) is 17.0. The molecule has 0 aliphatic carbocycles. The van der Waals surface area contributed by atoms with E-state index in [0.717, 1.165) is 53.9 Å². The van der Waals surface area contributed by atoms with Crippen LogP contribution < -0.4 is 11.1 Å². The van der Waals surface area contributed by atoms with Crippen molar-refractivity contribution in [2.75, 3.05) is 20.1 Å². The molecule has 1 atom stereocenters. The number of nitrogens with two attached hydrogens (primary N) is 1. The molecule has 148 valence electrons. The van der Waals surface area contributed by atoms with Crippen molar-refractivity contribution in [2.45, 2.75) is 26.7 Å². The molecule has 0 fully saturated rings. The molecule has 3 rings (SSSR count). The standard InChI is InChI=1S/C22H30N6/c1-15(8-10-24-3)9-12-28-13-11-26-22(23)21(28)20(25-4)18-14-17-7-5-6-16(2)19(17)27-18/h5-7,11,13-15,24,27H,4,8-10,12H2,1-3H3,(H2,23,26)/b21-20-. The number of aryl methyl sites for hydroxylation is 1. The minimum absolute atomic E-state index is 0.461. The Bertz CT molecular complexity index is 934. The van der Waals surface area contributed by atoms with Gasteiger partial charge in [-0.15, -0.1) is 0 Å². The van der Waals surface area contributed by atoms with Crippen molar-refractivity contribution in [3.05, 3.63) is 53.6 Å². The Morgan fingerprint density at radius 2 is 2.21 bits per heavy atom.